The summed E-state index contributed by atoms with van der Waals surface area (Å²) in [6, 6.07) is 2.24. The molecule has 0 bridgehead atoms. The van der Waals surface area contributed by atoms with Gasteiger partial charge in [-0.05, 0) is 53.5 Å². The van der Waals surface area contributed by atoms with E-state index in [2.05, 4.69) is 28.5 Å². The van der Waals surface area contributed by atoms with Crippen molar-refractivity contribution in [2.75, 3.05) is 13.1 Å². The van der Waals surface area contributed by atoms with E-state index in [9.17, 15) is 4.79 Å². The van der Waals surface area contributed by atoms with E-state index in [0.29, 0.717) is 6.54 Å². The van der Waals surface area contributed by atoms with E-state index >= 15 is 0 Å². The number of rotatable bonds is 3. The zero-order chi connectivity index (χ0) is 17.4. The largest absolute Gasteiger partial charge is 0.349 e. The van der Waals surface area contributed by atoms with Crippen LogP contribution < -0.4 is 0 Å². The van der Waals surface area contributed by atoms with E-state index in [1.165, 1.54) is 0 Å². The molecule has 24 heavy (non-hydrogen) atoms. The van der Waals surface area contributed by atoms with Crippen LogP contribution in [0.25, 0.3) is 0 Å². The van der Waals surface area contributed by atoms with Crippen LogP contribution in [0.15, 0.2) is 6.07 Å². The first-order valence-electron chi connectivity index (χ1n) is 8.78. The van der Waals surface area contributed by atoms with Crippen molar-refractivity contribution < 1.29 is 4.79 Å². The zero-order valence-corrected chi connectivity index (χ0v) is 15.3. The van der Waals surface area contributed by atoms with Crippen LogP contribution in [0, 0.1) is 27.7 Å². The second-order valence-electron chi connectivity index (χ2n) is 6.73. The molecular weight excluding hydrogens is 302 g/mol. The van der Waals surface area contributed by atoms with E-state index in [0.717, 1.165) is 54.5 Å². The number of carbonyl (C=O) groups excluding carboxylic acids is 1. The maximum absolute atomic E-state index is 13.0. The van der Waals surface area contributed by atoms with E-state index < -0.39 is 0 Å². The number of carbonyl (C=O) groups is 1. The number of aryl methyl sites for hydroxylation is 3. The first-order valence-corrected chi connectivity index (χ1v) is 8.78. The molecule has 0 N–H and O–H groups in total. The average molecular weight is 329 g/mol. The van der Waals surface area contributed by atoms with Gasteiger partial charge in [0.15, 0.2) is 0 Å². The predicted molar refractivity (Wildman–Crippen MR) is 93.3 cm³/mol. The quantitative estimate of drug-likeness (QED) is 0.870. The van der Waals surface area contributed by atoms with Gasteiger partial charge in [0.05, 0.1) is 11.6 Å². The Morgan fingerprint density at radius 3 is 2.62 bits per heavy atom. The number of likely N-dealkylation sites (tertiary alicyclic amines) is 1. The number of hydrogen-bond donors (Lipinski definition) is 0. The van der Waals surface area contributed by atoms with Gasteiger partial charge >= 0.3 is 0 Å². The summed E-state index contributed by atoms with van der Waals surface area (Å²) in [6.07, 6.45) is 2.04. The first-order chi connectivity index (χ1) is 11.4. The molecule has 1 fully saturated rings. The van der Waals surface area contributed by atoms with Gasteiger partial charge in [-0.3, -0.25) is 4.79 Å². The summed E-state index contributed by atoms with van der Waals surface area (Å²) in [5.41, 5.74) is 3.05. The Balaban J connectivity index is 1.82. The van der Waals surface area contributed by atoms with Gasteiger partial charge in [-0.25, -0.2) is 9.67 Å². The average Bonchev–Trinajstić information content (AvgIpc) is 3.05. The molecule has 3 heterocycles. The van der Waals surface area contributed by atoms with Crippen molar-refractivity contribution in [1.82, 2.24) is 24.2 Å². The van der Waals surface area contributed by atoms with E-state index in [4.69, 9.17) is 0 Å². The molecule has 0 aromatic carbocycles. The van der Waals surface area contributed by atoms with Gasteiger partial charge in [-0.2, -0.15) is 5.10 Å². The van der Waals surface area contributed by atoms with Gasteiger partial charge in [0.1, 0.15) is 11.6 Å². The monoisotopic (exact) mass is 329 g/mol. The summed E-state index contributed by atoms with van der Waals surface area (Å²) >= 11 is 0. The van der Waals surface area contributed by atoms with Crippen molar-refractivity contribution in [1.29, 1.82) is 0 Å². The van der Waals surface area contributed by atoms with Crippen molar-refractivity contribution in [2.24, 2.45) is 0 Å². The van der Waals surface area contributed by atoms with Gasteiger partial charge in [0.25, 0.3) is 5.91 Å². The van der Waals surface area contributed by atoms with Crippen molar-refractivity contribution in [2.45, 2.75) is 60.0 Å². The molecule has 1 atom stereocenters. The lowest BCUT2D eigenvalue weighted by molar-refractivity contribution is 0.0670. The Bertz CT molecular complexity index is 758. The molecule has 1 saturated heterocycles. The highest BCUT2D eigenvalue weighted by molar-refractivity contribution is 5.95. The maximum Gasteiger partial charge on any atom is 0.255 e. The third-order valence-corrected chi connectivity index (χ3v) is 5.06. The van der Waals surface area contributed by atoms with Crippen LogP contribution in [0.4, 0.5) is 0 Å². The van der Waals surface area contributed by atoms with Crippen molar-refractivity contribution in [3.8, 4) is 0 Å². The Morgan fingerprint density at radius 2 is 2.04 bits per heavy atom. The fourth-order valence-corrected chi connectivity index (χ4v) is 3.90. The van der Waals surface area contributed by atoms with Gasteiger partial charge in [-0.1, -0.05) is 0 Å². The summed E-state index contributed by atoms with van der Waals surface area (Å²) in [5.74, 6) is 1.86. The lowest BCUT2D eigenvalue weighted by Gasteiger charge is -2.33. The summed E-state index contributed by atoms with van der Waals surface area (Å²) in [5, 5.41) is 4.51. The van der Waals surface area contributed by atoms with Gasteiger partial charge in [-0.15, -0.1) is 0 Å². The highest BCUT2D eigenvalue weighted by Gasteiger charge is 2.28. The molecule has 0 radical (unpaired) electrons. The van der Waals surface area contributed by atoms with Crippen LogP contribution in [0.5, 0.6) is 0 Å². The lowest BCUT2D eigenvalue weighted by atomic mass is 10.0. The summed E-state index contributed by atoms with van der Waals surface area (Å²) < 4.78 is 4.18. The van der Waals surface area contributed by atoms with Gasteiger partial charge in [0.2, 0.25) is 0 Å². The predicted octanol–water partition coefficient (Wildman–Crippen LogP) is 2.81. The van der Waals surface area contributed by atoms with Crippen LogP contribution in [0.3, 0.4) is 0 Å². The van der Waals surface area contributed by atoms with Crippen LogP contribution in [0.1, 0.15) is 59.2 Å². The molecule has 1 aliphatic heterocycles. The molecule has 1 amide bonds. The van der Waals surface area contributed by atoms with Crippen LogP contribution in [-0.4, -0.2) is 43.2 Å². The lowest BCUT2D eigenvalue weighted by Crippen LogP contribution is -2.41. The molecule has 0 spiro atoms. The van der Waals surface area contributed by atoms with Crippen molar-refractivity contribution >= 4 is 5.91 Å². The third-order valence-electron chi connectivity index (χ3n) is 5.06. The fraction of sp³-hybridized carbons (Fsp3) is 0.611. The maximum atomic E-state index is 13.0. The van der Waals surface area contributed by atoms with Crippen LogP contribution >= 0.6 is 0 Å². The number of piperidine rings is 1. The first kappa shape index (κ1) is 16.7. The Hall–Kier alpha value is -2.11. The highest BCUT2D eigenvalue weighted by Crippen LogP contribution is 2.25. The summed E-state index contributed by atoms with van der Waals surface area (Å²) in [7, 11) is 0. The second kappa shape index (κ2) is 6.42. The summed E-state index contributed by atoms with van der Waals surface area (Å²) in [6.45, 7) is 12.5. The highest BCUT2D eigenvalue weighted by atomic mass is 16.2. The molecule has 1 unspecified atom stereocenters. The Morgan fingerprint density at radius 1 is 1.29 bits per heavy atom. The normalized spacial score (nSPS) is 18.2. The SMILES string of the molecule is CCn1c(C)cc(C(=O)N2CCCC(n3nc(C)nc3C)C2)c1C. The minimum Gasteiger partial charge on any atom is -0.349 e. The minimum absolute atomic E-state index is 0.141. The molecule has 2 aromatic heterocycles. The molecule has 0 aliphatic carbocycles. The number of nitrogens with zero attached hydrogens (tertiary/aromatic N) is 5. The molecule has 1 aliphatic rings. The minimum atomic E-state index is 0.141. The van der Waals surface area contributed by atoms with E-state index in [1.54, 1.807) is 0 Å². The molecule has 6 heteroatoms. The molecule has 0 saturated carbocycles. The number of hydrogen-bond acceptors (Lipinski definition) is 3. The van der Waals surface area contributed by atoms with E-state index in [-0.39, 0.29) is 11.9 Å². The smallest absolute Gasteiger partial charge is 0.255 e. The molecular formula is C18H27N5O. The second-order valence-corrected chi connectivity index (χ2v) is 6.73. The zero-order valence-electron chi connectivity index (χ0n) is 15.3. The number of amides is 1. The Kier molecular flexibility index (Phi) is 4.47. The summed E-state index contributed by atoms with van der Waals surface area (Å²) in [4.78, 5) is 19.4. The molecule has 2 aromatic rings. The molecule has 3 rings (SSSR count). The fourth-order valence-electron chi connectivity index (χ4n) is 3.90. The molecule has 130 valence electrons. The van der Waals surface area contributed by atoms with Crippen molar-refractivity contribution in [3.05, 3.63) is 34.7 Å². The van der Waals surface area contributed by atoms with Crippen molar-refractivity contribution in [3.63, 3.8) is 0 Å². The van der Waals surface area contributed by atoms with Crippen LogP contribution in [0.2, 0.25) is 0 Å². The van der Waals surface area contributed by atoms with E-state index in [1.807, 2.05) is 36.4 Å². The Labute approximate surface area is 143 Å². The van der Waals surface area contributed by atoms with Gasteiger partial charge in [0, 0.05) is 31.0 Å². The van der Waals surface area contributed by atoms with Gasteiger partial charge < -0.3 is 9.47 Å². The third kappa shape index (κ3) is 2.85. The topological polar surface area (TPSA) is 56.0 Å². The number of aromatic nitrogens is 4. The standard InChI is InChI=1S/C18H27N5O/c1-6-22-12(2)10-17(13(22)3)18(24)21-9-7-8-16(11-21)23-15(5)19-14(4)20-23/h10,16H,6-9,11H2,1-5H3. The molecule has 6 nitrogen and oxygen atoms in total. The van der Waals surface area contributed by atoms with Crippen LogP contribution in [-0.2, 0) is 6.54 Å².